The van der Waals surface area contributed by atoms with Gasteiger partial charge < -0.3 is 14.8 Å². The van der Waals surface area contributed by atoms with Crippen LogP contribution >= 0.6 is 11.3 Å². The van der Waals surface area contributed by atoms with Gasteiger partial charge in [0.15, 0.2) is 0 Å². The zero-order chi connectivity index (χ0) is 15.4. The zero-order valence-electron chi connectivity index (χ0n) is 12.6. The van der Waals surface area contributed by atoms with Gasteiger partial charge in [0.05, 0.1) is 18.1 Å². The number of nitrogens with one attached hydrogen (secondary N) is 1. The third kappa shape index (κ3) is 3.30. The van der Waals surface area contributed by atoms with E-state index in [1.165, 1.54) is 17.7 Å². The van der Waals surface area contributed by atoms with Gasteiger partial charge in [0.25, 0.3) is 0 Å². The Morgan fingerprint density at radius 3 is 2.90 bits per heavy atom. The average molecular weight is 309 g/mol. The first-order chi connectivity index (χ1) is 10.1. The molecule has 1 unspecified atom stereocenters. The summed E-state index contributed by atoms with van der Waals surface area (Å²) in [5.74, 6) is 0.405. The Kier molecular flexibility index (Phi) is 5.08. The number of aromatic nitrogens is 2. The van der Waals surface area contributed by atoms with Gasteiger partial charge in [-0.3, -0.25) is 0 Å². The largest absolute Gasteiger partial charge is 0.462 e. The van der Waals surface area contributed by atoms with Crippen molar-refractivity contribution >= 4 is 33.3 Å². The van der Waals surface area contributed by atoms with Crippen LogP contribution in [-0.4, -0.2) is 42.3 Å². The lowest BCUT2D eigenvalue weighted by Crippen LogP contribution is -2.18. The monoisotopic (exact) mass is 309 g/mol. The Morgan fingerprint density at radius 2 is 2.24 bits per heavy atom. The summed E-state index contributed by atoms with van der Waals surface area (Å²) >= 11 is 1.33. The Morgan fingerprint density at radius 1 is 1.48 bits per heavy atom. The van der Waals surface area contributed by atoms with Crippen molar-refractivity contribution in [2.24, 2.45) is 0 Å². The summed E-state index contributed by atoms with van der Waals surface area (Å²) in [6.07, 6.45) is 1.56. The lowest BCUT2D eigenvalue weighted by molar-refractivity contribution is 0.0531. The van der Waals surface area contributed by atoms with E-state index in [2.05, 4.69) is 15.3 Å². The van der Waals surface area contributed by atoms with Gasteiger partial charge in [-0.1, -0.05) is 0 Å². The van der Waals surface area contributed by atoms with Crippen LogP contribution in [0.4, 0.5) is 5.82 Å². The van der Waals surface area contributed by atoms with E-state index in [-0.39, 0.29) is 12.1 Å². The Bertz CT molecular complexity index is 642. The first kappa shape index (κ1) is 15.7. The second-order valence-electron chi connectivity index (χ2n) is 4.61. The number of hydrogen-bond donors (Lipinski definition) is 1. The molecule has 0 spiro atoms. The smallest absolute Gasteiger partial charge is 0.348 e. The second kappa shape index (κ2) is 6.82. The van der Waals surface area contributed by atoms with Crippen molar-refractivity contribution in [1.29, 1.82) is 0 Å². The van der Waals surface area contributed by atoms with Gasteiger partial charge in [0.1, 0.15) is 21.9 Å². The Hall–Kier alpha value is -1.73. The minimum Gasteiger partial charge on any atom is -0.462 e. The van der Waals surface area contributed by atoms with E-state index >= 15 is 0 Å². The van der Waals surface area contributed by atoms with E-state index in [0.717, 1.165) is 15.8 Å². The SMILES string of the molecule is CCOC(=O)c1sc2ncnc(NCC(C)OC)c2c1C. The van der Waals surface area contributed by atoms with Gasteiger partial charge in [-0.05, 0) is 26.3 Å². The predicted octanol–water partition coefficient (Wildman–Crippen LogP) is 2.62. The molecule has 1 atom stereocenters. The van der Waals surface area contributed by atoms with Crippen molar-refractivity contribution in [1.82, 2.24) is 9.97 Å². The van der Waals surface area contributed by atoms with Gasteiger partial charge in [-0.15, -0.1) is 11.3 Å². The summed E-state index contributed by atoms with van der Waals surface area (Å²) in [6, 6.07) is 0. The Balaban J connectivity index is 2.37. The molecule has 0 bridgehead atoms. The number of hydrogen-bond acceptors (Lipinski definition) is 7. The van der Waals surface area contributed by atoms with Crippen LogP contribution in [0.25, 0.3) is 10.2 Å². The van der Waals surface area contributed by atoms with E-state index in [9.17, 15) is 4.79 Å². The highest BCUT2D eigenvalue weighted by atomic mass is 32.1. The van der Waals surface area contributed by atoms with Crippen LogP contribution < -0.4 is 5.32 Å². The number of methoxy groups -OCH3 is 1. The predicted molar refractivity (Wildman–Crippen MR) is 83.1 cm³/mol. The first-order valence-corrected chi connectivity index (χ1v) is 7.58. The number of carbonyl (C=O) groups is 1. The van der Waals surface area contributed by atoms with Crippen molar-refractivity contribution in [3.8, 4) is 0 Å². The highest BCUT2D eigenvalue weighted by Crippen LogP contribution is 2.33. The third-order valence-corrected chi connectivity index (χ3v) is 4.33. The fourth-order valence-corrected chi connectivity index (χ4v) is 2.96. The zero-order valence-corrected chi connectivity index (χ0v) is 13.4. The van der Waals surface area contributed by atoms with Gasteiger partial charge in [0, 0.05) is 13.7 Å². The van der Waals surface area contributed by atoms with E-state index in [1.54, 1.807) is 14.0 Å². The number of anilines is 1. The van der Waals surface area contributed by atoms with E-state index < -0.39 is 0 Å². The molecule has 7 heteroatoms. The molecular formula is C14H19N3O3S. The summed E-state index contributed by atoms with van der Waals surface area (Å²) in [5.41, 5.74) is 0.849. The van der Waals surface area contributed by atoms with E-state index in [4.69, 9.17) is 9.47 Å². The lowest BCUT2D eigenvalue weighted by atomic mass is 10.2. The molecule has 0 fully saturated rings. The number of esters is 1. The second-order valence-corrected chi connectivity index (χ2v) is 5.61. The molecule has 0 radical (unpaired) electrons. The fraction of sp³-hybridized carbons (Fsp3) is 0.500. The molecule has 0 aromatic carbocycles. The van der Waals surface area contributed by atoms with Crippen molar-refractivity contribution in [2.45, 2.75) is 26.9 Å². The van der Waals surface area contributed by atoms with E-state index in [1.807, 2.05) is 13.8 Å². The molecule has 2 aromatic heterocycles. The topological polar surface area (TPSA) is 73.3 Å². The van der Waals surface area contributed by atoms with Gasteiger partial charge >= 0.3 is 5.97 Å². The highest BCUT2D eigenvalue weighted by Gasteiger charge is 2.20. The maximum absolute atomic E-state index is 12.0. The molecule has 2 aromatic rings. The van der Waals surface area contributed by atoms with E-state index in [0.29, 0.717) is 23.8 Å². The standard InChI is InChI=1S/C14H19N3O3S/c1-5-20-14(18)11-9(3)10-12(15-6-8(2)19-4)16-7-17-13(10)21-11/h7-8H,5-6H2,1-4H3,(H,15,16,17). The van der Waals surface area contributed by atoms with Crippen LogP contribution in [0, 0.1) is 6.92 Å². The number of nitrogens with zero attached hydrogens (tertiary/aromatic N) is 2. The number of carbonyl (C=O) groups excluding carboxylic acids is 1. The maximum atomic E-state index is 12.0. The normalized spacial score (nSPS) is 12.4. The minimum atomic E-state index is -0.311. The average Bonchev–Trinajstić information content (AvgIpc) is 2.83. The van der Waals surface area contributed by atoms with Crippen LogP contribution in [0.2, 0.25) is 0 Å². The molecule has 6 nitrogen and oxygen atoms in total. The molecule has 0 saturated heterocycles. The summed E-state index contributed by atoms with van der Waals surface area (Å²) in [4.78, 5) is 21.8. The number of fused-ring (bicyclic) bond motifs is 1. The Labute approximate surface area is 127 Å². The van der Waals surface area contributed by atoms with Crippen molar-refractivity contribution in [2.75, 3.05) is 25.6 Å². The van der Waals surface area contributed by atoms with Crippen molar-refractivity contribution in [3.05, 3.63) is 16.8 Å². The molecule has 2 heterocycles. The van der Waals surface area contributed by atoms with Crippen molar-refractivity contribution < 1.29 is 14.3 Å². The number of ether oxygens (including phenoxy) is 2. The summed E-state index contributed by atoms with van der Waals surface area (Å²) in [7, 11) is 1.66. The number of thiophene rings is 1. The van der Waals surface area contributed by atoms with Crippen LogP contribution in [0.5, 0.6) is 0 Å². The molecule has 0 aliphatic rings. The molecule has 1 N–H and O–H groups in total. The van der Waals surface area contributed by atoms with Crippen molar-refractivity contribution in [3.63, 3.8) is 0 Å². The van der Waals surface area contributed by atoms with Crippen LogP contribution in [-0.2, 0) is 9.47 Å². The van der Waals surface area contributed by atoms with Gasteiger partial charge in [-0.2, -0.15) is 0 Å². The molecular weight excluding hydrogens is 290 g/mol. The molecule has 114 valence electrons. The highest BCUT2D eigenvalue weighted by molar-refractivity contribution is 7.20. The summed E-state index contributed by atoms with van der Waals surface area (Å²) in [6.45, 7) is 6.63. The first-order valence-electron chi connectivity index (χ1n) is 6.76. The van der Waals surface area contributed by atoms with Crippen LogP contribution in [0.3, 0.4) is 0 Å². The molecule has 0 amide bonds. The number of aryl methyl sites for hydroxylation is 1. The molecule has 0 aliphatic carbocycles. The lowest BCUT2D eigenvalue weighted by Gasteiger charge is -2.12. The third-order valence-electron chi connectivity index (χ3n) is 3.15. The number of rotatable bonds is 6. The van der Waals surface area contributed by atoms with Gasteiger partial charge in [0.2, 0.25) is 0 Å². The molecule has 2 rings (SSSR count). The minimum absolute atomic E-state index is 0.0680. The van der Waals surface area contributed by atoms with Crippen LogP contribution in [0.15, 0.2) is 6.33 Å². The summed E-state index contributed by atoms with van der Waals surface area (Å²) in [5, 5.41) is 4.11. The molecule has 0 aliphatic heterocycles. The molecule has 21 heavy (non-hydrogen) atoms. The summed E-state index contributed by atoms with van der Waals surface area (Å²) < 4.78 is 10.3. The maximum Gasteiger partial charge on any atom is 0.348 e. The van der Waals surface area contributed by atoms with Gasteiger partial charge in [-0.25, -0.2) is 14.8 Å². The quantitative estimate of drug-likeness (QED) is 0.827. The fourth-order valence-electron chi connectivity index (χ4n) is 1.92. The molecule has 0 saturated carbocycles. The van der Waals surface area contributed by atoms with Crippen LogP contribution in [0.1, 0.15) is 29.1 Å².